The molecule has 33 heavy (non-hydrogen) atoms. The summed E-state index contributed by atoms with van der Waals surface area (Å²) in [5.74, 6) is -0.0297. The summed E-state index contributed by atoms with van der Waals surface area (Å²) in [7, 11) is 0. The number of nitrogens with zero attached hydrogens (tertiary/aromatic N) is 2. The lowest BCUT2D eigenvalue weighted by Crippen LogP contribution is -2.17. The van der Waals surface area contributed by atoms with E-state index in [0.29, 0.717) is 11.3 Å². The van der Waals surface area contributed by atoms with Gasteiger partial charge in [0.25, 0.3) is 0 Å². The molecule has 2 N–H and O–H groups in total. The predicted molar refractivity (Wildman–Crippen MR) is 115 cm³/mol. The second-order valence-electron chi connectivity index (χ2n) is 7.15. The van der Waals surface area contributed by atoms with Crippen molar-refractivity contribution in [3.05, 3.63) is 58.6 Å². The molecule has 3 rings (SSSR count). The molecule has 0 radical (unpaired) electrons. The van der Waals surface area contributed by atoms with Gasteiger partial charge in [-0.25, -0.2) is 4.98 Å². The van der Waals surface area contributed by atoms with Crippen molar-refractivity contribution in [2.75, 3.05) is 10.6 Å². The van der Waals surface area contributed by atoms with Gasteiger partial charge in [-0.2, -0.15) is 18.2 Å². The standard InChI is InChI=1S/C21H17BrF6N4O/c1-11(2)29-19-31-17(12-4-3-5-14(8-12)33-21(26,27)28)10-18(32-19)30-16-7-6-13(9-15(16)22)20(23,24)25/h3-11H,1-2H3,(H2,29,30,31,32). The van der Waals surface area contributed by atoms with Crippen LogP contribution >= 0.6 is 15.9 Å². The molecule has 0 fully saturated rings. The van der Waals surface area contributed by atoms with Crippen LogP contribution in [0.3, 0.4) is 0 Å². The van der Waals surface area contributed by atoms with Gasteiger partial charge in [0, 0.05) is 22.1 Å². The second kappa shape index (κ2) is 9.46. The molecular weight excluding hydrogens is 518 g/mol. The molecule has 0 aliphatic carbocycles. The zero-order chi connectivity index (χ0) is 24.4. The van der Waals surface area contributed by atoms with Crippen LogP contribution in [0.5, 0.6) is 5.75 Å². The topological polar surface area (TPSA) is 59.1 Å². The number of aromatic nitrogens is 2. The van der Waals surface area contributed by atoms with Crippen molar-refractivity contribution in [2.45, 2.75) is 32.4 Å². The summed E-state index contributed by atoms with van der Waals surface area (Å²) in [5, 5.41) is 5.91. The molecule has 0 saturated carbocycles. The Hall–Kier alpha value is -3.02. The fraction of sp³-hybridized carbons (Fsp3) is 0.238. The molecule has 0 saturated heterocycles. The Morgan fingerprint density at radius 1 is 0.939 bits per heavy atom. The van der Waals surface area contributed by atoms with Crippen LogP contribution in [0.1, 0.15) is 19.4 Å². The van der Waals surface area contributed by atoms with Crippen molar-refractivity contribution in [1.82, 2.24) is 9.97 Å². The van der Waals surface area contributed by atoms with Gasteiger partial charge >= 0.3 is 12.5 Å². The molecule has 3 aromatic rings. The van der Waals surface area contributed by atoms with Crippen molar-refractivity contribution in [1.29, 1.82) is 0 Å². The van der Waals surface area contributed by atoms with Crippen molar-refractivity contribution in [3.8, 4) is 17.0 Å². The van der Waals surface area contributed by atoms with Gasteiger partial charge in [-0.3, -0.25) is 0 Å². The molecule has 5 nitrogen and oxygen atoms in total. The third-order valence-electron chi connectivity index (χ3n) is 4.07. The van der Waals surface area contributed by atoms with E-state index < -0.39 is 23.9 Å². The molecule has 0 aliphatic rings. The minimum Gasteiger partial charge on any atom is -0.406 e. The quantitative estimate of drug-likeness (QED) is 0.323. The number of nitrogens with one attached hydrogen (secondary N) is 2. The van der Waals surface area contributed by atoms with Crippen molar-refractivity contribution < 1.29 is 31.1 Å². The molecule has 2 aromatic carbocycles. The largest absolute Gasteiger partial charge is 0.573 e. The molecule has 0 unspecified atom stereocenters. The monoisotopic (exact) mass is 534 g/mol. The Balaban J connectivity index is 1.99. The number of alkyl halides is 6. The first-order chi connectivity index (χ1) is 15.3. The summed E-state index contributed by atoms with van der Waals surface area (Å²) in [6.45, 7) is 3.68. The number of hydrogen-bond donors (Lipinski definition) is 2. The first-order valence-corrected chi connectivity index (χ1v) is 10.2. The Morgan fingerprint density at radius 2 is 1.67 bits per heavy atom. The molecule has 0 amide bonds. The summed E-state index contributed by atoms with van der Waals surface area (Å²) in [6.07, 6.45) is -9.35. The number of hydrogen-bond acceptors (Lipinski definition) is 5. The fourth-order valence-electron chi connectivity index (χ4n) is 2.77. The van der Waals surface area contributed by atoms with Crippen LogP contribution in [0.15, 0.2) is 53.0 Å². The van der Waals surface area contributed by atoms with Crippen LogP contribution in [0, 0.1) is 0 Å². The third-order valence-corrected chi connectivity index (χ3v) is 4.72. The van der Waals surface area contributed by atoms with Gasteiger partial charge in [0.2, 0.25) is 5.95 Å². The molecule has 1 aromatic heterocycles. The molecule has 0 spiro atoms. The van der Waals surface area contributed by atoms with Crippen LogP contribution in [-0.4, -0.2) is 22.4 Å². The van der Waals surface area contributed by atoms with Crippen molar-refractivity contribution in [3.63, 3.8) is 0 Å². The number of ether oxygens (including phenoxy) is 1. The smallest absolute Gasteiger partial charge is 0.406 e. The first-order valence-electron chi connectivity index (χ1n) is 9.46. The minimum absolute atomic E-state index is 0.0641. The lowest BCUT2D eigenvalue weighted by atomic mass is 10.1. The fourth-order valence-corrected chi connectivity index (χ4v) is 3.24. The minimum atomic E-state index is -4.85. The number of benzene rings is 2. The molecule has 1 heterocycles. The average molecular weight is 535 g/mol. The highest BCUT2D eigenvalue weighted by molar-refractivity contribution is 9.10. The van der Waals surface area contributed by atoms with Gasteiger partial charge < -0.3 is 15.4 Å². The van der Waals surface area contributed by atoms with Gasteiger partial charge in [0.05, 0.1) is 16.9 Å². The Bertz CT molecular complexity index is 1130. The van der Waals surface area contributed by atoms with Gasteiger partial charge in [-0.05, 0) is 60.1 Å². The van der Waals surface area contributed by atoms with E-state index in [9.17, 15) is 26.3 Å². The van der Waals surface area contributed by atoms with Crippen LogP contribution < -0.4 is 15.4 Å². The zero-order valence-electron chi connectivity index (χ0n) is 17.1. The van der Waals surface area contributed by atoms with E-state index >= 15 is 0 Å². The van der Waals surface area contributed by atoms with Crippen LogP contribution in [0.25, 0.3) is 11.3 Å². The molecule has 0 aliphatic heterocycles. The molecule has 0 atom stereocenters. The van der Waals surface area contributed by atoms with E-state index in [1.165, 1.54) is 24.3 Å². The van der Waals surface area contributed by atoms with Crippen LogP contribution in [0.4, 0.5) is 43.8 Å². The maximum Gasteiger partial charge on any atom is 0.573 e. The number of halogens is 7. The Morgan fingerprint density at radius 3 is 2.27 bits per heavy atom. The molecule has 12 heteroatoms. The first kappa shape index (κ1) is 24.6. The van der Waals surface area contributed by atoms with Crippen LogP contribution in [-0.2, 0) is 6.18 Å². The highest BCUT2D eigenvalue weighted by atomic mass is 79.9. The number of anilines is 3. The highest BCUT2D eigenvalue weighted by Gasteiger charge is 2.32. The van der Waals surface area contributed by atoms with Crippen molar-refractivity contribution in [2.24, 2.45) is 0 Å². The van der Waals surface area contributed by atoms with E-state index in [-0.39, 0.29) is 28.0 Å². The normalized spacial score (nSPS) is 12.1. The summed E-state index contributed by atoms with van der Waals surface area (Å²) in [6, 6.07) is 9.73. The number of rotatable bonds is 6. The third kappa shape index (κ3) is 6.98. The average Bonchev–Trinajstić information content (AvgIpc) is 2.67. The SMILES string of the molecule is CC(C)Nc1nc(Nc2ccc(C(F)(F)F)cc2Br)cc(-c2cccc(OC(F)(F)F)c2)n1. The summed E-state index contributed by atoms with van der Waals surface area (Å²) in [4.78, 5) is 8.63. The van der Waals surface area contributed by atoms with Crippen molar-refractivity contribution >= 4 is 33.4 Å². The van der Waals surface area contributed by atoms with E-state index in [1.54, 1.807) is 6.07 Å². The zero-order valence-corrected chi connectivity index (χ0v) is 18.7. The van der Waals surface area contributed by atoms with Crippen LogP contribution in [0.2, 0.25) is 0 Å². The van der Waals surface area contributed by atoms with Gasteiger partial charge in [0.15, 0.2) is 0 Å². The molecule has 176 valence electrons. The maximum atomic E-state index is 12.9. The van der Waals surface area contributed by atoms with E-state index in [2.05, 4.69) is 41.3 Å². The summed E-state index contributed by atoms with van der Waals surface area (Å²) >= 11 is 3.11. The van der Waals surface area contributed by atoms with Gasteiger partial charge in [-0.15, -0.1) is 13.2 Å². The summed E-state index contributed by atoms with van der Waals surface area (Å²) in [5.41, 5.74) is 0.0658. The second-order valence-corrected chi connectivity index (χ2v) is 8.01. The highest BCUT2D eigenvalue weighted by Crippen LogP contribution is 2.35. The Kier molecular flexibility index (Phi) is 7.06. The van der Waals surface area contributed by atoms with E-state index in [1.807, 2.05) is 13.8 Å². The predicted octanol–water partition coefficient (Wildman–Crippen LogP) is 7.39. The lowest BCUT2D eigenvalue weighted by molar-refractivity contribution is -0.274. The summed E-state index contributed by atoms with van der Waals surface area (Å²) < 4.78 is 80.7. The molecular formula is C21H17BrF6N4O. The lowest BCUT2D eigenvalue weighted by Gasteiger charge is -2.15. The molecule has 0 bridgehead atoms. The van der Waals surface area contributed by atoms with Gasteiger partial charge in [-0.1, -0.05) is 12.1 Å². The van der Waals surface area contributed by atoms with E-state index in [0.717, 1.165) is 18.2 Å². The maximum absolute atomic E-state index is 12.9. The van der Waals surface area contributed by atoms with E-state index in [4.69, 9.17) is 0 Å². The Labute approximate surface area is 193 Å². The van der Waals surface area contributed by atoms with Gasteiger partial charge in [0.1, 0.15) is 11.6 Å².